The first-order chi connectivity index (χ1) is 8.46. The van der Waals surface area contributed by atoms with E-state index in [0.29, 0.717) is 12.6 Å². The van der Waals surface area contributed by atoms with Gasteiger partial charge in [-0.05, 0) is 54.5 Å². The number of likely N-dealkylation sites (tertiary alicyclic amines) is 1. The van der Waals surface area contributed by atoms with Crippen molar-refractivity contribution in [1.29, 1.82) is 0 Å². The van der Waals surface area contributed by atoms with Crippen LogP contribution in [0.25, 0.3) is 0 Å². The van der Waals surface area contributed by atoms with Crippen LogP contribution < -0.4 is 11.1 Å². The highest BCUT2D eigenvalue weighted by Crippen LogP contribution is 2.31. The zero-order valence-electron chi connectivity index (χ0n) is 10.7. The SMILES string of the molecule is CC1CC(CN)(Nc2ccc(Cl)c(Br)c2)CN1C. The Balaban J connectivity index is 2.18. The van der Waals surface area contributed by atoms with Gasteiger partial charge in [-0.3, -0.25) is 0 Å². The van der Waals surface area contributed by atoms with Crippen LogP contribution in [0.3, 0.4) is 0 Å². The summed E-state index contributed by atoms with van der Waals surface area (Å²) < 4.78 is 0.903. The van der Waals surface area contributed by atoms with Gasteiger partial charge in [-0.25, -0.2) is 0 Å². The van der Waals surface area contributed by atoms with E-state index in [9.17, 15) is 0 Å². The number of hydrogen-bond acceptors (Lipinski definition) is 3. The lowest BCUT2D eigenvalue weighted by atomic mass is 9.96. The fraction of sp³-hybridized carbons (Fsp3) is 0.538. The van der Waals surface area contributed by atoms with E-state index in [2.05, 4.69) is 40.1 Å². The van der Waals surface area contributed by atoms with Crippen molar-refractivity contribution in [2.45, 2.75) is 24.9 Å². The van der Waals surface area contributed by atoms with E-state index in [-0.39, 0.29) is 5.54 Å². The molecule has 0 amide bonds. The Bertz CT molecular complexity index is 428. The smallest absolute Gasteiger partial charge is 0.0636 e. The number of anilines is 1. The third-order valence-electron chi connectivity index (χ3n) is 3.71. The second kappa shape index (κ2) is 5.37. The van der Waals surface area contributed by atoms with Crippen LogP contribution in [0.5, 0.6) is 0 Å². The summed E-state index contributed by atoms with van der Waals surface area (Å²) in [5.41, 5.74) is 7.00. The van der Waals surface area contributed by atoms with Crippen molar-refractivity contribution in [1.82, 2.24) is 4.90 Å². The minimum Gasteiger partial charge on any atom is -0.377 e. The third-order valence-corrected chi connectivity index (χ3v) is 4.92. The Hall–Kier alpha value is -0.290. The number of hydrogen-bond donors (Lipinski definition) is 2. The maximum atomic E-state index is 6.00. The summed E-state index contributed by atoms with van der Waals surface area (Å²) >= 11 is 9.45. The van der Waals surface area contributed by atoms with Gasteiger partial charge in [-0.1, -0.05) is 11.6 Å². The van der Waals surface area contributed by atoms with E-state index in [1.807, 2.05) is 18.2 Å². The summed E-state index contributed by atoms with van der Waals surface area (Å²) in [7, 11) is 2.14. The van der Waals surface area contributed by atoms with E-state index in [4.69, 9.17) is 17.3 Å². The van der Waals surface area contributed by atoms with Gasteiger partial charge in [0.2, 0.25) is 0 Å². The van der Waals surface area contributed by atoms with Crippen molar-refractivity contribution in [3.63, 3.8) is 0 Å². The number of nitrogens with two attached hydrogens (primary N) is 1. The minimum absolute atomic E-state index is 0.0402. The van der Waals surface area contributed by atoms with Crippen LogP contribution in [0.1, 0.15) is 13.3 Å². The molecule has 0 bridgehead atoms. The molecular formula is C13H19BrClN3. The van der Waals surface area contributed by atoms with E-state index in [1.165, 1.54) is 0 Å². The number of halogens is 2. The monoisotopic (exact) mass is 331 g/mol. The lowest BCUT2D eigenvalue weighted by Crippen LogP contribution is -2.47. The standard InChI is InChI=1S/C13H19BrClN3/c1-9-6-13(7-16,8-18(9)2)17-10-3-4-12(15)11(14)5-10/h3-5,9,17H,6-8,16H2,1-2H3. The van der Waals surface area contributed by atoms with Gasteiger partial charge >= 0.3 is 0 Å². The van der Waals surface area contributed by atoms with Gasteiger partial charge < -0.3 is 16.0 Å². The molecule has 2 rings (SSSR count). The van der Waals surface area contributed by atoms with Crippen molar-refractivity contribution in [3.05, 3.63) is 27.7 Å². The first-order valence-electron chi connectivity index (χ1n) is 6.09. The van der Waals surface area contributed by atoms with E-state index in [1.54, 1.807) is 0 Å². The zero-order valence-corrected chi connectivity index (χ0v) is 13.1. The fourth-order valence-electron chi connectivity index (χ4n) is 2.59. The highest BCUT2D eigenvalue weighted by molar-refractivity contribution is 9.10. The number of rotatable bonds is 3. The van der Waals surface area contributed by atoms with Gasteiger partial charge in [0.15, 0.2) is 0 Å². The number of nitrogens with zero attached hydrogens (tertiary/aromatic N) is 1. The highest BCUT2D eigenvalue weighted by atomic mass is 79.9. The normalized spacial score (nSPS) is 28.6. The summed E-state index contributed by atoms with van der Waals surface area (Å²) in [6.07, 6.45) is 1.06. The van der Waals surface area contributed by atoms with Crippen LogP contribution in [-0.4, -0.2) is 36.6 Å². The van der Waals surface area contributed by atoms with Crippen molar-refractivity contribution in [2.24, 2.45) is 5.73 Å². The van der Waals surface area contributed by atoms with Gasteiger partial charge in [-0.2, -0.15) is 0 Å². The Kier molecular flexibility index (Phi) is 4.22. The van der Waals surface area contributed by atoms with E-state index < -0.39 is 0 Å². The van der Waals surface area contributed by atoms with Crippen molar-refractivity contribution < 1.29 is 0 Å². The second-order valence-corrected chi connectivity index (χ2v) is 6.47. The largest absolute Gasteiger partial charge is 0.377 e. The Morgan fingerprint density at radius 3 is 2.83 bits per heavy atom. The molecule has 1 heterocycles. The average molecular weight is 333 g/mol. The molecule has 100 valence electrons. The summed E-state index contributed by atoms with van der Waals surface area (Å²) in [6.45, 7) is 3.82. The molecule has 0 aromatic heterocycles. The molecule has 0 saturated carbocycles. The molecule has 1 aromatic carbocycles. The molecule has 1 aliphatic rings. The number of likely N-dealkylation sites (N-methyl/N-ethyl adjacent to an activating group) is 1. The van der Waals surface area contributed by atoms with Crippen molar-refractivity contribution in [2.75, 3.05) is 25.5 Å². The first-order valence-corrected chi connectivity index (χ1v) is 7.26. The maximum absolute atomic E-state index is 6.00. The second-order valence-electron chi connectivity index (χ2n) is 5.21. The number of nitrogens with one attached hydrogen (secondary N) is 1. The van der Waals surface area contributed by atoms with Gasteiger partial charge in [0.05, 0.1) is 10.6 Å². The quantitative estimate of drug-likeness (QED) is 0.894. The van der Waals surface area contributed by atoms with Gasteiger partial charge in [0.1, 0.15) is 0 Å². The molecule has 1 aromatic rings. The molecule has 1 aliphatic heterocycles. The lowest BCUT2D eigenvalue weighted by Gasteiger charge is -2.30. The molecule has 3 nitrogen and oxygen atoms in total. The Labute approximate surface area is 122 Å². The molecule has 2 unspecified atom stereocenters. The van der Waals surface area contributed by atoms with Crippen LogP contribution in [0.15, 0.2) is 22.7 Å². The summed E-state index contributed by atoms with van der Waals surface area (Å²) in [5, 5.41) is 4.30. The molecule has 5 heteroatoms. The van der Waals surface area contributed by atoms with Crippen LogP contribution >= 0.6 is 27.5 Å². The highest BCUT2D eigenvalue weighted by Gasteiger charge is 2.39. The zero-order chi connectivity index (χ0) is 13.3. The molecule has 18 heavy (non-hydrogen) atoms. The minimum atomic E-state index is -0.0402. The molecule has 3 N–H and O–H groups in total. The summed E-state index contributed by atoms with van der Waals surface area (Å²) in [6, 6.07) is 6.44. The van der Waals surface area contributed by atoms with Crippen LogP contribution in [-0.2, 0) is 0 Å². The van der Waals surface area contributed by atoms with Crippen molar-refractivity contribution in [3.8, 4) is 0 Å². The molecule has 0 radical (unpaired) electrons. The third kappa shape index (κ3) is 2.82. The first kappa shape index (κ1) is 14.1. The number of benzene rings is 1. The van der Waals surface area contributed by atoms with Gasteiger partial charge in [0, 0.05) is 29.3 Å². The Morgan fingerprint density at radius 1 is 1.61 bits per heavy atom. The van der Waals surface area contributed by atoms with Crippen LogP contribution in [0, 0.1) is 0 Å². The van der Waals surface area contributed by atoms with E-state index >= 15 is 0 Å². The molecule has 0 spiro atoms. The van der Waals surface area contributed by atoms with Crippen LogP contribution in [0.4, 0.5) is 5.69 Å². The predicted molar refractivity (Wildman–Crippen MR) is 81.3 cm³/mol. The van der Waals surface area contributed by atoms with E-state index in [0.717, 1.165) is 28.1 Å². The Morgan fingerprint density at radius 2 is 2.33 bits per heavy atom. The summed E-state index contributed by atoms with van der Waals surface area (Å²) in [5.74, 6) is 0. The fourth-order valence-corrected chi connectivity index (χ4v) is 3.08. The molecule has 1 saturated heterocycles. The maximum Gasteiger partial charge on any atom is 0.0636 e. The predicted octanol–water partition coefficient (Wildman–Crippen LogP) is 2.94. The topological polar surface area (TPSA) is 41.3 Å². The average Bonchev–Trinajstić information content (AvgIpc) is 2.60. The molecule has 2 atom stereocenters. The lowest BCUT2D eigenvalue weighted by molar-refractivity contribution is 0.323. The summed E-state index contributed by atoms with van der Waals surface area (Å²) in [4.78, 5) is 2.34. The molecule has 0 aliphatic carbocycles. The van der Waals surface area contributed by atoms with Gasteiger partial charge in [0.25, 0.3) is 0 Å². The van der Waals surface area contributed by atoms with Gasteiger partial charge in [-0.15, -0.1) is 0 Å². The van der Waals surface area contributed by atoms with Crippen LogP contribution in [0.2, 0.25) is 5.02 Å². The molecule has 1 fully saturated rings. The van der Waals surface area contributed by atoms with Crippen molar-refractivity contribution >= 4 is 33.2 Å². The molecular weight excluding hydrogens is 314 g/mol.